The Morgan fingerprint density at radius 1 is 1.30 bits per heavy atom. The third kappa shape index (κ3) is 3.20. The highest BCUT2D eigenvalue weighted by Crippen LogP contribution is 2.37. The molecule has 1 aliphatic carbocycles. The van der Waals surface area contributed by atoms with Gasteiger partial charge in [-0.25, -0.2) is 0 Å². The fraction of sp³-hybridized carbons (Fsp3) is 0.467. The number of amides is 1. The minimum Gasteiger partial charge on any atom is -0.481 e. The van der Waals surface area contributed by atoms with Crippen molar-refractivity contribution in [2.75, 3.05) is 5.32 Å². The summed E-state index contributed by atoms with van der Waals surface area (Å²) >= 11 is 3.37. The summed E-state index contributed by atoms with van der Waals surface area (Å²) in [6.45, 7) is 3.90. The Kier molecular flexibility index (Phi) is 4.48. The van der Waals surface area contributed by atoms with E-state index in [4.69, 9.17) is 0 Å². The van der Waals surface area contributed by atoms with Crippen molar-refractivity contribution < 1.29 is 14.7 Å². The Morgan fingerprint density at radius 2 is 1.95 bits per heavy atom. The van der Waals surface area contributed by atoms with Crippen LogP contribution in [-0.4, -0.2) is 17.0 Å². The van der Waals surface area contributed by atoms with Crippen LogP contribution in [0.5, 0.6) is 0 Å². The molecule has 0 spiro atoms. The van der Waals surface area contributed by atoms with Gasteiger partial charge in [-0.2, -0.15) is 0 Å². The van der Waals surface area contributed by atoms with Gasteiger partial charge in [-0.1, -0.05) is 28.9 Å². The van der Waals surface area contributed by atoms with E-state index in [1.807, 2.05) is 32.0 Å². The van der Waals surface area contributed by atoms with E-state index in [2.05, 4.69) is 21.2 Å². The maximum absolute atomic E-state index is 12.3. The number of benzene rings is 1. The lowest BCUT2D eigenvalue weighted by molar-refractivity contribution is -0.145. The highest BCUT2D eigenvalue weighted by Gasteiger charge is 2.41. The lowest BCUT2D eigenvalue weighted by Crippen LogP contribution is -2.30. The topological polar surface area (TPSA) is 66.4 Å². The molecule has 20 heavy (non-hydrogen) atoms. The van der Waals surface area contributed by atoms with Gasteiger partial charge < -0.3 is 10.4 Å². The quantitative estimate of drug-likeness (QED) is 0.886. The number of aliphatic carboxylic acids is 1. The van der Waals surface area contributed by atoms with Crippen LogP contribution in [0.3, 0.4) is 0 Å². The molecule has 5 heteroatoms. The van der Waals surface area contributed by atoms with Crippen LogP contribution in [0.1, 0.15) is 25.3 Å². The first-order valence-corrected chi connectivity index (χ1v) is 7.47. The molecule has 0 heterocycles. The maximum atomic E-state index is 12.3. The number of hydrogen-bond donors (Lipinski definition) is 2. The van der Waals surface area contributed by atoms with Gasteiger partial charge in [0, 0.05) is 10.2 Å². The molecule has 0 radical (unpaired) electrons. The van der Waals surface area contributed by atoms with Gasteiger partial charge in [-0.3, -0.25) is 9.59 Å². The third-order valence-corrected chi connectivity index (χ3v) is 4.40. The van der Waals surface area contributed by atoms with E-state index in [9.17, 15) is 14.7 Å². The first-order valence-electron chi connectivity index (χ1n) is 6.68. The summed E-state index contributed by atoms with van der Waals surface area (Å²) < 4.78 is 0.882. The fourth-order valence-electron chi connectivity index (χ4n) is 2.81. The molecule has 1 fully saturated rings. The van der Waals surface area contributed by atoms with Crippen LogP contribution in [-0.2, 0) is 9.59 Å². The zero-order chi connectivity index (χ0) is 14.9. The number of rotatable bonds is 3. The van der Waals surface area contributed by atoms with Crippen LogP contribution < -0.4 is 5.32 Å². The van der Waals surface area contributed by atoms with Crippen LogP contribution in [0.25, 0.3) is 0 Å². The first-order chi connectivity index (χ1) is 9.38. The second-order valence-electron chi connectivity index (χ2n) is 5.58. The predicted molar refractivity (Wildman–Crippen MR) is 80.5 cm³/mol. The van der Waals surface area contributed by atoms with E-state index in [1.165, 1.54) is 0 Å². The second-order valence-corrected chi connectivity index (χ2v) is 6.49. The van der Waals surface area contributed by atoms with Gasteiger partial charge in [0.05, 0.1) is 11.8 Å². The number of anilines is 1. The number of aryl methyl sites for hydroxylation is 1. The summed E-state index contributed by atoms with van der Waals surface area (Å²) in [6.07, 6.45) is 1.21. The van der Waals surface area contributed by atoms with Gasteiger partial charge in [0.15, 0.2) is 0 Å². The number of hydrogen-bond acceptors (Lipinski definition) is 2. The average Bonchev–Trinajstić information content (AvgIpc) is 2.76. The molecule has 0 bridgehead atoms. The number of carboxylic acids is 1. The molecule has 2 N–H and O–H groups in total. The van der Waals surface area contributed by atoms with Gasteiger partial charge in [0.2, 0.25) is 5.91 Å². The average molecular weight is 340 g/mol. The smallest absolute Gasteiger partial charge is 0.307 e. The molecule has 1 aliphatic rings. The molecule has 1 aromatic rings. The number of halogens is 1. The predicted octanol–water partition coefficient (Wildman–Crippen LogP) is 3.44. The van der Waals surface area contributed by atoms with Gasteiger partial charge in [0.25, 0.3) is 0 Å². The fourth-order valence-corrected chi connectivity index (χ4v) is 3.17. The highest BCUT2D eigenvalue weighted by atomic mass is 79.9. The molecule has 1 unspecified atom stereocenters. The van der Waals surface area contributed by atoms with Crippen LogP contribution in [0.2, 0.25) is 0 Å². The first kappa shape index (κ1) is 15.0. The van der Waals surface area contributed by atoms with Crippen LogP contribution in [0, 0.1) is 24.7 Å². The zero-order valence-corrected chi connectivity index (χ0v) is 13.1. The number of carboxylic acid groups (broad SMARTS) is 1. The normalized spacial score (nSPS) is 25.4. The van der Waals surface area contributed by atoms with E-state index < -0.39 is 17.8 Å². The lowest BCUT2D eigenvalue weighted by atomic mass is 9.95. The summed E-state index contributed by atoms with van der Waals surface area (Å²) in [7, 11) is 0. The molecule has 1 saturated carbocycles. The molecule has 0 aromatic heterocycles. The lowest BCUT2D eigenvalue weighted by Gasteiger charge is -2.16. The van der Waals surface area contributed by atoms with Crippen molar-refractivity contribution in [3.05, 3.63) is 28.2 Å². The van der Waals surface area contributed by atoms with Crippen molar-refractivity contribution >= 4 is 33.5 Å². The SMILES string of the molecule is Cc1ccc(Br)cc1NC(=O)[C@H]1CC(C)C[C@H]1C(=O)O. The summed E-state index contributed by atoms with van der Waals surface area (Å²) in [5, 5.41) is 12.1. The van der Waals surface area contributed by atoms with E-state index >= 15 is 0 Å². The third-order valence-electron chi connectivity index (χ3n) is 3.91. The largest absolute Gasteiger partial charge is 0.481 e. The second kappa shape index (κ2) is 5.95. The summed E-state index contributed by atoms with van der Waals surface area (Å²) in [5.74, 6) is -1.81. The molecule has 0 saturated heterocycles. The van der Waals surface area contributed by atoms with Crippen LogP contribution >= 0.6 is 15.9 Å². The van der Waals surface area contributed by atoms with Gasteiger partial charge in [-0.15, -0.1) is 0 Å². The summed E-state index contributed by atoms with van der Waals surface area (Å²) in [6, 6.07) is 5.65. The molecule has 2 rings (SSSR count). The van der Waals surface area contributed by atoms with Gasteiger partial charge in [-0.05, 0) is 43.4 Å². The Hall–Kier alpha value is -1.36. The number of carbonyl (C=O) groups excluding carboxylic acids is 1. The zero-order valence-electron chi connectivity index (χ0n) is 11.5. The maximum Gasteiger partial charge on any atom is 0.307 e. The Balaban J connectivity index is 2.15. The van der Waals surface area contributed by atoms with E-state index in [0.717, 1.165) is 15.7 Å². The van der Waals surface area contributed by atoms with E-state index in [1.54, 1.807) is 0 Å². The molecule has 1 aromatic carbocycles. The minimum atomic E-state index is -0.875. The minimum absolute atomic E-state index is 0.192. The van der Waals surface area contributed by atoms with Crippen LogP contribution in [0.15, 0.2) is 22.7 Å². The Morgan fingerprint density at radius 3 is 2.60 bits per heavy atom. The monoisotopic (exact) mass is 339 g/mol. The Bertz CT molecular complexity index is 544. The molecule has 0 aliphatic heterocycles. The number of carbonyl (C=O) groups is 2. The molecular formula is C15H18BrNO3. The summed E-state index contributed by atoms with van der Waals surface area (Å²) in [5.41, 5.74) is 1.69. The molecule has 1 amide bonds. The van der Waals surface area contributed by atoms with E-state index in [-0.39, 0.29) is 11.8 Å². The molecule has 108 valence electrons. The number of nitrogens with one attached hydrogen (secondary N) is 1. The van der Waals surface area contributed by atoms with Crippen molar-refractivity contribution in [1.82, 2.24) is 0 Å². The summed E-state index contributed by atoms with van der Waals surface area (Å²) in [4.78, 5) is 23.6. The van der Waals surface area contributed by atoms with Crippen LogP contribution in [0.4, 0.5) is 5.69 Å². The van der Waals surface area contributed by atoms with Crippen molar-refractivity contribution in [1.29, 1.82) is 0 Å². The molecule has 3 atom stereocenters. The van der Waals surface area contributed by atoms with Gasteiger partial charge in [0.1, 0.15) is 0 Å². The standard InChI is InChI=1S/C15H18BrNO3/c1-8-5-11(12(6-8)15(19)20)14(18)17-13-7-10(16)4-3-9(13)2/h3-4,7-8,11-12H,5-6H2,1-2H3,(H,17,18)(H,19,20)/t8?,11-,12+/m0/s1. The van der Waals surface area contributed by atoms with Crippen molar-refractivity contribution in [3.8, 4) is 0 Å². The van der Waals surface area contributed by atoms with Crippen molar-refractivity contribution in [2.24, 2.45) is 17.8 Å². The molecule has 4 nitrogen and oxygen atoms in total. The van der Waals surface area contributed by atoms with Gasteiger partial charge >= 0.3 is 5.97 Å². The van der Waals surface area contributed by atoms with E-state index in [0.29, 0.717) is 12.8 Å². The van der Waals surface area contributed by atoms with Crippen molar-refractivity contribution in [3.63, 3.8) is 0 Å². The highest BCUT2D eigenvalue weighted by molar-refractivity contribution is 9.10. The Labute approximate surface area is 126 Å². The van der Waals surface area contributed by atoms with Crippen molar-refractivity contribution in [2.45, 2.75) is 26.7 Å². The molecular weight excluding hydrogens is 322 g/mol.